The van der Waals surface area contributed by atoms with E-state index in [0.717, 1.165) is 29.0 Å². The van der Waals surface area contributed by atoms with E-state index in [1.807, 2.05) is 51.2 Å². The minimum Gasteiger partial charge on any atom is -0.444 e. The predicted octanol–water partition coefficient (Wildman–Crippen LogP) is 4.69. The third-order valence-corrected chi connectivity index (χ3v) is 6.80. The Kier molecular flexibility index (Phi) is 5.90. The summed E-state index contributed by atoms with van der Waals surface area (Å²) in [4.78, 5) is 22.6. The van der Waals surface area contributed by atoms with Gasteiger partial charge in [0.05, 0.1) is 29.1 Å². The summed E-state index contributed by atoms with van der Waals surface area (Å²) in [7, 11) is -0.385. The van der Waals surface area contributed by atoms with E-state index in [1.54, 1.807) is 4.90 Å². The molecule has 2 fully saturated rings. The molecule has 1 aromatic heterocycles. The van der Waals surface area contributed by atoms with Crippen molar-refractivity contribution in [2.24, 2.45) is 5.92 Å². The maximum Gasteiger partial charge on any atom is 0.494 e. The fraction of sp³-hybridized carbons (Fsp3) is 0.600. The van der Waals surface area contributed by atoms with E-state index in [4.69, 9.17) is 14.0 Å². The number of carbonyl (C=O) groups is 1. The van der Waals surface area contributed by atoms with Crippen molar-refractivity contribution in [2.45, 2.75) is 84.7 Å². The van der Waals surface area contributed by atoms with Crippen LogP contribution in [0.15, 0.2) is 30.5 Å². The number of nitrogens with one attached hydrogen (secondary N) is 1. The van der Waals surface area contributed by atoms with Gasteiger partial charge in [-0.3, -0.25) is 4.90 Å². The molecule has 1 unspecified atom stereocenters. The fourth-order valence-electron chi connectivity index (χ4n) is 4.28. The molecule has 8 heteroatoms. The van der Waals surface area contributed by atoms with Crippen LogP contribution in [0.4, 0.5) is 4.79 Å². The molecule has 2 saturated heterocycles. The van der Waals surface area contributed by atoms with Gasteiger partial charge in [-0.1, -0.05) is 31.2 Å². The second-order valence-corrected chi connectivity index (χ2v) is 11.4. The van der Waals surface area contributed by atoms with Gasteiger partial charge in [-0.2, -0.15) is 0 Å². The molecule has 0 spiro atoms. The van der Waals surface area contributed by atoms with Crippen LogP contribution < -0.4 is 5.46 Å². The van der Waals surface area contributed by atoms with Crippen molar-refractivity contribution in [3.05, 3.63) is 36.3 Å². The van der Waals surface area contributed by atoms with Gasteiger partial charge in [-0.25, -0.2) is 9.78 Å². The monoisotopic (exact) mass is 453 g/mol. The van der Waals surface area contributed by atoms with Crippen molar-refractivity contribution in [3.63, 3.8) is 0 Å². The summed E-state index contributed by atoms with van der Waals surface area (Å²) in [5, 5.41) is 0. The molecule has 1 N–H and O–H groups in total. The van der Waals surface area contributed by atoms with Crippen LogP contribution in [0.3, 0.4) is 0 Å². The lowest BCUT2D eigenvalue weighted by atomic mass is 9.79. The molecule has 178 valence electrons. The summed E-state index contributed by atoms with van der Waals surface area (Å²) in [6.45, 7) is 16.7. The van der Waals surface area contributed by atoms with Crippen LogP contribution in [0.2, 0.25) is 0 Å². The Hall–Kier alpha value is -2.32. The summed E-state index contributed by atoms with van der Waals surface area (Å²) >= 11 is 0. The Bertz CT molecular complexity index is 993. The molecule has 2 aromatic rings. The molecule has 4 rings (SSSR count). The summed E-state index contributed by atoms with van der Waals surface area (Å²) in [5.41, 5.74) is 1.65. The second-order valence-electron chi connectivity index (χ2n) is 11.4. The first-order valence-corrected chi connectivity index (χ1v) is 11.8. The highest BCUT2D eigenvalue weighted by Crippen LogP contribution is 2.37. The van der Waals surface area contributed by atoms with Crippen molar-refractivity contribution < 1.29 is 18.8 Å². The van der Waals surface area contributed by atoms with Crippen LogP contribution >= 0.6 is 0 Å². The van der Waals surface area contributed by atoms with E-state index in [0.29, 0.717) is 12.5 Å². The molecule has 33 heavy (non-hydrogen) atoms. The highest BCUT2D eigenvalue weighted by atomic mass is 16.7. The van der Waals surface area contributed by atoms with E-state index in [-0.39, 0.29) is 30.5 Å². The highest BCUT2D eigenvalue weighted by Gasteiger charge is 2.51. The Morgan fingerprint density at radius 3 is 2.33 bits per heavy atom. The van der Waals surface area contributed by atoms with Gasteiger partial charge in [-0.15, -0.1) is 0 Å². The van der Waals surface area contributed by atoms with Gasteiger partial charge in [0, 0.05) is 6.54 Å². The van der Waals surface area contributed by atoms with Crippen LogP contribution in [0.1, 0.15) is 73.7 Å². The largest absolute Gasteiger partial charge is 0.494 e. The van der Waals surface area contributed by atoms with Gasteiger partial charge >= 0.3 is 13.2 Å². The van der Waals surface area contributed by atoms with E-state index in [9.17, 15) is 4.79 Å². The average molecular weight is 453 g/mol. The normalized spacial score (nSPS) is 24.4. The van der Waals surface area contributed by atoms with Crippen LogP contribution in [-0.4, -0.2) is 51.4 Å². The molecule has 2 aliphatic heterocycles. The van der Waals surface area contributed by atoms with Crippen molar-refractivity contribution >= 4 is 18.7 Å². The van der Waals surface area contributed by atoms with Gasteiger partial charge in [0.2, 0.25) is 0 Å². The van der Waals surface area contributed by atoms with Crippen molar-refractivity contribution in [3.8, 4) is 11.3 Å². The predicted molar refractivity (Wildman–Crippen MR) is 129 cm³/mol. The number of aromatic amines is 1. The molecule has 0 bridgehead atoms. The number of benzene rings is 1. The maximum atomic E-state index is 12.8. The summed E-state index contributed by atoms with van der Waals surface area (Å²) in [6.07, 6.45) is 2.39. The first kappa shape index (κ1) is 23.8. The van der Waals surface area contributed by atoms with Crippen LogP contribution in [-0.2, 0) is 14.0 Å². The SMILES string of the molecule is C[C@H]1CC(c2ncc(-c3ccc(B4OC(C)(C)C(C)(C)O4)cc3)[nH]2)N(C(=O)OC(C)(C)C)C1. The van der Waals surface area contributed by atoms with Crippen LogP contribution in [0, 0.1) is 5.92 Å². The molecular formula is C25H36BN3O4. The number of ether oxygens (including phenoxy) is 1. The highest BCUT2D eigenvalue weighted by molar-refractivity contribution is 6.62. The Labute approximate surface area is 197 Å². The Morgan fingerprint density at radius 1 is 1.15 bits per heavy atom. The zero-order chi connectivity index (χ0) is 24.2. The third-order valence-electron chi connectivity index (χ3n) is 6.80. The summed E-state index contributed by atoms with van der Waals surface area (Å²) < 4.78 is 17.9. The minimum absolute atomic E-state index is 0.118. The molecule has 1 amide bonds. The number of H-pyrrole nitrogens is 1. The smallest absolute Gasteiger partial charge is 0.444 e. The number of amides is 1. The van der Waals surface area contributed by atoms with Gasteiger partial charge < -0.3 is 19.0 Å². The second kappa shape index (κ2) is 8.17. The fourth-order valence-corrected chi connectivity index (χ4v) is 4.28. The number of imidazole rings is 1. The number of aromatic nitrogens is 2. The van der Waals surface area contributed by atoms with Gasteiger partial charge in [0.1, 0.15) is 11.4 Å². The first-order valence-electron chi connectivity index (χ1n) is 11.8. The van der Waals surface area contributed by atoms with Gasteiger partial charge in [-0.05, 0) is 71.8 Å². The van der Waals surface area contributed by atoms with E-state index >= 15 is 0 Å². The lowest BCUT2D eigenvalue weighted by molar-refractivity contribution is 0.00578. The number of carbonyl (C=O) groups excluding carboxylic acids is 1. The molecule has 2 atom stereocenters. The van der Waals surface area contributed by atoms with Crippen molar-refractivity contribution in [1.82, 2.24) is 14.9 Å². The number of rotatable bonds is 3. The average Bonchev–Trinajstić information content (AvgIpc) is 3.37. The van der Waals surface area contributed by atoms with Crippen molar-refractivity contribution in [1.29, 1.82) is 0 Å². The standard InChI is InChI=1S/C25H36BN3O4/c1-16-13-20(29(15-16)22(30)31-23(2,3)4)21-27-14-19(28-21)17-9-11-18(12-10-17)26-32-24(5,6)25(7,8)33-26/h9-12,14,16,20H,13,15H2,1-8H3,(H,27,28)/t16-,20?/m0/s1. The van der Waals surface area contributed by atoms with Crippen LogP contribution in [0.5, 0.6) is 0 Å². The topological polar surface area (TPSA) is 76.7 Å². The number of hydrogen-bond donors (Lipinski definition) is 1. The molecular weight excluding hydrogens is 417 g/mol. The van der Waals surface area contributed by atoms with Gasteiger partial charge in [0.25, 0.3) is 0 Å². The quantitative estimate of drug-likeness (QED) is 0.683. The third kappa shape index (κ3) is 4.82. The zero-order valence-electron chi connectivity index (χ0n) is 21.1. The lowest BCUT2D eigenvalue weighted by Crippen LogP contribution is -2.41. The Morgan fingerprint density at radius 2 is 1.76 bits per heavy atom. The maximum absolute atomic E-state index is 12.8. The van der Waals surface area contributed by atoms with E-state index < -0.39 is 5.60 Å². The summed E-state index contributed by atoms with van der Waals surface area (Å²) in [5.74, 6) is 1.17. The van der Waals surface area contributed by atoms with Gasteiger partial charge in [0.15, 0.2) is 0 Å². The number of nitrogens with zero attached hydrogens (tertiary/aromatic N) is 2. The minimum atomic E-state index is -0.527. The van der Waals surface area contributed by atoms with Crippen molar-refractivity contribution in [2.75, 3.05) is 6.54 Å². The first-order chi connectivity index (χ1) is 15.3. The molecule has 3 heterocycles. The molecule has 1 aromatic carbocycles. The summed E-state index contributed by atoms with van der Waals surface area (Å²) in [6, 6.07) is 8.03. The zero-order valence-corrected chi connectivity index (χ0v) is 21.1. The number of hydrogen-bond acceptors (Lipinski definition) is 5. The molecule has 0 saturated carbocycles. The van der Waals surface area contributed by atoms with E-state index in [2.05, 4.69) is 44.6 Å². The molecule has 0 aliphatic carbocycles. The number of likely N-dealkylation sites (tertiary alicyclic amines) is 1. The lowest BCUT2D eigenvalue weighted by Gasteiger charge is -2.32. The van der Waals surface area contributed by atoms with E-state index in [1.165, 1.54) is 0 Å². The van der Waals surface area contributed by atoms with Crippen LogP contribution in [0.25, 0.3) is 11.3 Å². The molecule has 0 radical (unpaired) electrons. The molecule has 2 aliphatic rings. The Balaban J connectivity index is 1.50. The molecule has 7 nitrogen and oxygen atoms in total.